The fourth-order valence-corrected chi connectivity index (χ4v) is 2.68. The first-order valence-electron chi connectivity index (χ1n) is 7.50. The van der Waals surface area contributed by atoms with E-state index in [-0.39, 0.29) is 17.5 Å². The Morgan fingerprint density at radius 3 is 2.59 bits per heavy atom. The predicted molar refractivity (Wildman–Crippen MR) is 85.1 cm³/mol. The zero-order chi connectivity index (χ0) is 16.0. The zero-order valence-corrected chi connectivity index (χ0v) is 12.8. The summed E-state index contributed by atoms with van der Waals surface area (Å²) in [5.41, 5.74) is 5.76. The van der Waals surface area contributed by atoms with Crippen LogP contribution in [-0.4, -0.2) is 36.1 Å². The van der Waals surface area contributed by atoms with Gasteiger partial charge in [-0.25, -0.2) is 9.78 Å². The summed E-state index contributed by atoms with van der Waals surface area (Å²) in [6, 6.07) is 3.53. The van der Waals surface area contributed by atoms with Gasteiger partial charge in [-0.05, 0) is 37.8 Å². The molecule has 5 N–H and O–H groups in total. The predicted octanol–water partition coefficient (Wildman–Crippen LogP) is 1.84. The van der Waals surface area contributed by atoms with Crippen LogP contribution in [0.5, 0.6) is 0 Å². The Labute approximate surface area is 130 Å². The van der Waals surface area contributed by atoms with E-state index in [1.807, 2.05) is 0 Å². The van der Waals surface area contributed by atoms with E-state index in [2.05, 4.69) is 15.6 Å². The Balaban J connectivity index is 0.000000160. The highest BCUT2D eigenvalue weighted by Gasteiger charge is 2.40. The highest BCUT2D eigenvalue weighted by molar-refractivity contribution is 5.94. The molecule has 0 unspecified atom stereocenters. The van der Waals surface area contributed by atoms with E-state index < -0.39 is 0 Å². The Morgan fingerprint density at radius 2 is 2.14 bits per heavy atom. The molecule has 1 amide bonds. The molecule has 0 atom stereocenters. The minimum Gasteiger partial charge on any atom is -0.441 e. The molecule has 1 spiro atoms. The van der Waals surface area contributed by atoms with E-state index in [0.717, 1.165) is 25.2 Å². The van der Waals surface area contributed by atoms with Crippen molar-refractivity contribution >= 4 is 17.7 Å². The molecule has 22 heavy (non-hydrogen) atoms. The second kappa shape index (κ2) is 7.11. The van der Waals surface area contributed by atoms with Gasteiger partial charge >= 0.3 is 6.09 Å². The number of nitrogens with one attached hydrogen (secondary N) is 3. The molecule has 120 valence electrons. The maximum Gasteiger partial charge on any atom is 0.407 e. The van der Waals surface area contributed by atoms with Crippen molar-refractivity contribution in [2.45, 2.75) is 37.7 Å². The average molecular weight is 305 g/mol. The summed E-state index contributed by atoms with van der Waals surface area (Å²) in [6.07, 6.45) is 7.13. The Kier molecular flexibility index (Phi) is 5.19. The lowest BCUT2D eigenvalue weighted by Crippen LogP contribution is -2.35. The van der Waals surface area contributed by atoms with Gasteiger partial charge in [0.15, 0.2) is 0 Å². The molecule has 3 rings (SSSR count). The molecule has 1 aliphatic carbocycles. The minimum absolute atomic E-state index is 0.0418. The molecule has 2 aliphatic rings. The minimum atomic E-state index is -0.230. The molecule has 1 aromatic rings. The number of amidine groups is 1. The van der Waals surface area contributed by atoms with Crippen LogP contribution in [-0.2, 0) is 4.74 Å². The van der Waals surface area contributed by atoms with Crippen LogP contribution in [0.1, 0.15) is 37.7 Å². The third-order valence-electron chi connectivity index (χ3n) is 3.96. The number of carbonyl (C=O) groups excluding carboxylic acids is 1. The van der Waals surface area contributed by atoms with E-state index in [4.69, 9.17) is 15.9 Å². The fraction of sp³-hybridized carbons (Fsp3) is 0.533. The standard InChI is InChI=1S/C8H13NO2.C7H10N4/c10-7-9-6-8(11-7)4-2-1-3-5-8;1-10-6-3-2-5(4-11-6)7(8)9/h1-6H2,(H,9,10);2-4H,1H3,(H3,8,9)(H,10,11). The first-order valence-corrected chi connectivity index (χ1v) is 7.50. The second-order valence-electron chi connectivity index (χ2n) is 5.58. The molecule has 2 fully saturated rings. The van der Waals surface area contributed by atoms with E-state index in [1.165, 1.54) is 19.3 Å². The number of nitrogens with two attached hydrogens (primary N) is 1. The maximum absolute atomic E-state index is 10.8. The normalized spacial score (nSPS) is 18.7. The maximum atomic E-state index is 10.8. The molecule has 7 heteroatoms. The summed E-state index contributed by atoms with van der Waals surface area (Å²) >= 11 is 0. The summed E-state index contributed by atoms with van der Waals surface area (Å²) < 4.78 is 5.24. The van der Waals surface area contributed by atoms with E-state index in [1.54, 1.807) is 25.4 Å². The Bertz CT molecular complexity index is 523. The summed E-state index contributed by atoms with van der Waals surface area (Å²) in [5, 5.41) is 12.7. The van der Waals surface area contributed by atoms with Crippen LogP contribution < -0.4 is 16.4 Å². The lowest BCUT2D eigenvalue weighted by molar-refractivity contribution is 0.0260. The number of aromatic nitrogens is 1. The number of pyridine rings is 1. The number of hydrogen-bond donors (Lipinski definition) is 4. The third-order valence-corrected chi connectivity index (χ3v) is 3.96. The van der Waals surface area contributed by atoms with Gasteiger partial charge in [-0.1, -0.05) is 6.42 Å². The number of nitrogen functional groups attached to an aromatic ring is 1. The first-order chi connectivity index (χ1) is 10.5. The van der Waals surface area contributed by atoms with E-state index >= 15 is 0 Å². The summed E-state index contributed by atoms with van der Waals surface area (Å²) in [7, 11) is 1.79. The van der Waals surface area contributed by atoms with Crippen LogP contribution >= 0.6 is 0 Å². The largest absolute Gasteiger partial charge is 0.441 e. The van der Waals surface area contributed by atoms with Gasteiger partial charge in [0, 0.05) is 18.8 Å². The second-order valence-corrected chi connectivity index (χ2v) is 5.58. The topological polar surface area (TPSA) is 113 Å². The monoisotopic (exact) mass is 305 g/mol. The van der Waals surface area contributed by atoms with Crippen molar-refractivity contribution in [2.24, 2.45) is 5.73 Å². The van der Waals surface area contributed by atoms with Crippen molar-refractivity contribution < 1.29 is 9.53 Å². The highest BCUT2D eigenvalue weighted by Crippen LogP contribution is 2.33. The van der Waals surface area contributed by atoms with Gasteiger partial charge in [0.05, 0.1) is 6.54 Å². The molecule has 0 aromatic carbocycles. The number of rotatable bonds is 2. The van der Waals surface area contributed by atoms with E-state index in [9.17, 15) is 4.79 Å². The quantitative estimate of drug-likeness (QED) is 0.492. The average Bonchev–Trinajstić information content (AvgIpc) is 2.89. The number of ether oxygens (including phenoxy) is 1. The van der Waals surface area contributed by atoms with Crippen LogP contribution in [0, 0.1) is 5.41 Å². The smallest absolute Gasteiger partial charge is 0.407 e. The van der Waals surface area contributed by atoms with Gasteiger partial charge in [-0.2, -0.15) is 0 Å². The molecular formula is C15H23N5O2. The summed E-state index contributed by atoms with van der Waals surface area (Å²) in [6.45, 7) is 0.728. The van der Waals surface area contributed by atoms with Gasteiger partial charge in [0.1, 0.15) is 17.3 Å². The van der Waals surface area contributed by atoms with Crippen LogP contribution in [0.4, 0.5) is 10.6 Å². The molecule has 0 radical (unpaired) electrons. The van der Waals surface area contributed by atoms with Gasteiger partial charge in [0.2, 0.25) is 0 Å². The number of hydrogen-bond acceptors (Lipinski definition) is 5. The third kappa shape index (κ3) is 4.09. The van der Waals surface area contributed by atoms with Gasteiger partial charge in [0.25, 0.3) is 0 Å². The number of alkyl carbamates (subject to hydrolysis) is 1. The van der Waals surface area contributed by atoms with Crippen LogP contribution in [0.3, 0.4) is 0 Å². The van der Waals surface area contributed by atoms with Crippen molar-refractivity contribution in [3.63, 3.8) is 0 Å². The van der Waals surface area contributed by atoms with Crippen molar-refractivity contribution in [2.75, 3.05) is 18.9 Å². The highest BCUT2D eigenvalue weighted by atomic mass is 16.6. The molecule has 7 nitrogen and oxygen atoms in total. The molecule has 1 aliphatic heterocycles. The Hall–Kier alpha value is -2.31. The van der Waals surface area contributed by atoms with Gasteiger partial charge in [-0.3, -0.25) is 5.41 Å². The summed E-state index contributed by atoms with van der Waals surface area (Å²) in [4.78, 5) is 14.8. The Morgan fingerprint density at radius 1 is 1.41 bits per heavy atom. The molecular weight excluding hydrogens is 282 g/mol. The van der Waals surface area contributed by atoms with E-state index in [0.29, 0.717) is 5.56 Å². The molecule has 0 bridgehead atoms. The van der Waals surface area contributed by atoms with Crippen molar-refractivity contribution in [1.82, 2.24) is 10.3 Å². The SMILES string of the molecule is CNc1ccc(C(=N)N)cn1.O=C1NCC2(CCCCC2)O1. The molecule has 1 aromatic heterocycles. The molecule has 1 saturated heterocycles. The number of nitrogens with zero attached hydrogens (tertiary/aromatic N) is 1. The summed E-state index contributed by atoms with van der Waals surface area (Å²) in [5.74, 6) is 0.815. The lowest BCUT2D eigenvalue weighted by Gasteiger charge is -2.29. The van der Waals surface area contributed by atoms with Gasteiger partial charge in [-0.15, -0.1) is 0 Å². The van der Waals surface area contributed by atoms with Crippen LogP contribution in [0.25, 0.3) is 0 Å². The number of amides is 1. The fourth-order valence-electron chi connectivity index (χ4n) is 2.68. The first kappa shape index (κ1) is 16.1. The van der Waals surface area contributed by atoms with Gasteiger partial charge < -0.3 is 21.1 Å². The molecule has 2 heterocycles. The lowest BCUT2D eigenvalue weighted by atomic mass is 9.85. The van der Waals surface area contributed by atoms with Crippen LogP contribution in [0.15, 0.2) is 18.3 Å². The van der Waals surface area contributed by atoms with Crippen LogP contribution in [0.2, 0.25) is 0 Å². The zero-order valence-electron chi connectivity index (χ0n) is 12.8. The van der Waals surface area contributed by atoms with Crippen molar-refractivity contribution in [1.29, 1.82) is 5.41 Å². The number of anilines is 1. The molecule has 1 saturated carbocycles. The van der Waals surface area contributed by atoms with Crippen molar-refractivity contribution in [3.05, 3.63) is 23.9 Å². The number of carbonyl (C=O) groups is 1. The van der Waals surface area contributed by atoms with Crippen molar-refractivity contribution in [3.8, 4) is 0 Å².